The van der Waals surface area contributed by atoms with Crippen LogP contribution in [0.4, 0.5) is 10.5 Å². The fourth-order valence-corrected chi connectivity index (χ4v) is 5.92. The molecule has 0 spiro atoms. The van der Waals surface area contributed by atoms with Crippen LogP contribution in [-0.2, 0) is 27.3 Å². The Morgan fingerprint density at radius 1 is 0.875 bits per heavy atom. The van der Waals surface area contributed by atoms with Gasteiger partial charge in [-0.3, -0.25) is 9.69 Å². The Bertz CT molecular complexity index is 1620. The molecule has 1 fully saturated rings. The normalized spacial score (nSPS) is 19.7. The van der Waals surface area contributed by atoms with E-state index in [1.165, 1.54) is 6.92 Å². The van der Waals surface area contributed by atoms with Crippen molar-refractivity contribution < 1.29 is 29.3 Å². The number of anilines is 1. The molecule has 0 bridgehead atoms. The van der Waals surface area contributed by atoms with Gasteiger partial charge >= 0.3 is 6.03 Å². The summed E-state index contributed by atoms with van der Waals surface area (Å²) in [5.74, 6) is -0.133. The predicted molar refractivity (Wildman–Crippen MR) is 185 cm³/mol. The van der Waals surface area contributed by atoms with E-state index in [9.17, 15) is 19.8 Å². The Morgan fingerprint density at radius 2 is 1.56 bits per heavy atom. The molecule has 1 saturated heterocycles. The number of nitrogens with one attached hydrogen (secondary N) is 2. The molecule has 4 aromatic carbocycles. The van der Waals surface area contributed by atoms with E-state index in [4.69, 9.17) is 9.47 Å². The Balaban J connectivity index is 1.30. The summed E-state index contributed by atoms with van der Waals surface area (Å²) < 4.78 is 13.1. The van der Waals surface area contributed by atoms with Crippen LogP contribution < -0.4 is 10.6 Å². The molecule has 48 heavy (non-hydrogen) atoms. The third-order valence-electron chi connectivity index (χ3n) is 8.90. The fourth-order valence-electron chi connectivity index (χ4n) is 5.92. The van der Waals surface area contributed by atoms with E-state index in [0.29, 0.717) is 25.1 Å². The molecular weight excluding hydrogens is 606 g/mol. The third-order valence-corrected chi connectivity index (χ3v) is 8.90. The standard InChI is InChI=1S/C39H45N3O6/c1-26(37(45)31-13-8-5-9-14-31)42(3)24-34-23-36(30-19-17-29(25-43)18-20-30)48-38(47-34)32-15-10-16-33(22-32)40-39(46)41-35(27(2)44)21-28-11-6-4-7-12-28/h4-20,22,26,34-38,43,45H,21,23-25H2,1-3H3,(H2,40,41,46). The van der Waals surface area contributed by atoms with Crippen molar-refractivity contribution in [3.8, 4) is 0 Å². The maximum Gasteiger partial charge on any atom is 0.319 e. The largest absolute Gasteiger partial charge is 0.392 e. The lowest BCUT2D eigenvalue weighted by Crippen LogP contribution is -2.43. The average Bonchev–Trinajstić information content (AvgIpc) is 3.11. The Kier molecular flexibility index (Phi) is 12.1. The van der Waals surface area contributed by atoms with Gasteiger partial charge in [-0.2, -0.15) is 0 Å². The summed E-state index contributed by atoms with van der Waals surface area (Å²) in [5, 5.41) is 26.3. The zero-order valence-corrected chi connectivity index (χ0v) is 27.7. The number of ketones is 1. The van der Waals surface area contributed by atoms with Crippen LogP contribution in [0.3, 0.4) is 0 Å². The number of carbonyl (C=O) groups is 2. The van der Waals surface area contributed by atoms with Crippen molar-refractivity contribution in [2.75, 3.05) is 18.9 Å². The first kappa shape index (κ1) is 34.9. The van der Waals surface area contributed by atoms with Gasteiger partial charge in [-0.05, 0) is 61.7 Å². The summed E-state index contributed by atoms with van der Waals surface area (Å²) in [6, 6.07) is 32.8. The first-order chi connectivity index (χ1) is 23.2. The molecule has 0 aromatic heterocycles. The van der Waals surface area contributed by atoms with Gasteiger partial charge in [0.15, 0.2) is 12.1 Å². The highest BCUT2D eigenvalue weighted by atomic mass is 16.7. The van der Waals surface area contributed by atoms with Gasteiger partial charge in [0.25, 0.3) is 0 Å². The number of Topliss-reactive ketones (excluding diaryl/α,β-unsaturated/α-hetero) is 1. The van der Waals surface area contributed by atoms with Crippen LogP contribution in [0.15, 0.2) is 109 Å². The zero-order chi connectivity index (χ0) is 34.0. The van der Waals surface area contributed by atoms with Gasteiger partial charge in [-0.1, -0.05) is 97.1 Å². The first-order valence-corrected chi connectivity index (χ1v) is 16.4. The number of benzene rings is 4. The highest BCUT2D eigenvalue weighted by Crippen LogP contribution is 2.39. The molecule has 9 heteroatoms. The van der Waals surface area contributed by atoms with Crippen LogP contribution in [0.2, 0.25) is 0 Å². The van der Waals surface area contributed by atoms with Gasteiger partial charge in [0.05, 0.1) is 31.0 Å². The minimum Gasteiger partial charge on any atom is -0.392 e. The van der Waals surface area contributed by atoms with Crippen LogP contribution in [0, 0.1) is 0 Å². The maximum absolute atomic E-state index is 13.0. The molecule has 4 N–H and O–H groups in total. The predicted octanol–water partition coefficient (Wildman–Crippen LogP) is 6.10. The van der Waals surface area contributed by atoms with Crippen molar-refractivity contribution in [3.63, 3.8) is 0 Å². The van der Waals surface area contributed by atoms with Gasteiger partial charge in [-0.25, -0.2) is 4.79 Å². The molecule has 1 aliphatic rings. The lowest BCUT2D eigenvalue weighted by Gasteiger charge is -2.39. The van der Waals surface area contributed by atoms with Crippen molar-refractivity contribution in [2.24, 2.45) is 0 Å². The third kappa shape index (κ3) is 9.37. The molecule has 1 aliphatic heterocycles. The van der Waals surface area contributed by atoms with Crippen LogP contribution in [0.1, 0.15) is 66.6 Å². The van der Waals surface area contributed by atoms with Gasteiger partial charge in [0.2, 0.25) is 0 Å². The van der Waals surface area contributed by atoms with Gasteiger partial charge in [-0.15, -0.1) is 0 Å². The van der Waals surface area contributed by atoms with Gasteiger partial charge in [0.1, 0.15) is 0 Å². The monoisotopic (exact) mass is 651 g/mol. The van der Waals surface area contributed by atoms with Crippen molar-refractivity contribution in [1.82, 2.24) is 10.2 Å². The Morgan fingerprint density at radius 3 is 2.23 bits per heavy atom. The molecule has 1 heterocycles. The van der Waals surface area contributed by atoms with E-state index < -0.39 is 24.5 Å². The maximum atomic E-state index is 13.0. The molecule has 4 aromatic rings. The minimum absolute atomic E-state index is 0.0423. The molecule has 2 amide bonds. The molecule has 0 aliphatic carbocycles. The second-order valence-electron chi connectivity index (χ2n) is 12.5. The molecule has 252 valence electrons. The molecule has 6 unspecified atom stereocenters. The highest BCUT2D eigenvalue weighted by molar-refractivity contribution is 5.93. The molecule has 6 atom stereocenters. The van der Waals surface area contributed by atoms with Crippen molar-refractivity contribution >= 4 is 17.5 Å². The highest BCUT2D eigenvalue weighted by Gasteiger charge is 2.34. The zero-order valence-electron chi connectivity index (χ0n) is 27.7. The summed E-state index contributed by atoms with van der Waals surface area (Å²) in [7, 11) is 1.98. The Labute approximate surface area is 282 Å². The number of nitrogens with zero attached hydrogens (tertiary/aromatic N) is 1. The van der Waals surface area contributed by atoms with Crippen LogP contribution in [-0.4, -0.2) is 58.7 Å². The number of ether oxygens (including phenoxy) is 2. The van der Waals surface area contributed by atoms with E-state index in [1.54, 1.807) is 6.07 Å². The van der Waals surface area contributed by atoms with E-state index in [2.05, 4.69) is 15.5 Å². The summed E-state index contributed by atoms with van der Waals surface area (Å²) >= 11 is 0. The molecule has 5 rings (SSSR count). The smallest absolute Gasteiger partial charge is 0.319 e. The van der Waals surface area contributed by atoms with Crippen LogP contribution in [0.25, 0.3) is 0 Å². The second-order valence-corrected chi connectivity index (χ2v) is 12.5. The Hall–Kier alpha value is -4.38. The number of hydrogen-bond donors (Lipinski definition) is 4. The second kappa shape index (κ2) is 16.6. The van der Waals surface area contributed by atoms with Crippen LogP contribution in [0.5, 0.6) is 0 Å². The van der Waals surface area contributed by atoms with E-state index >= 15 is 0 Å². The number of carbonyl (C=O) groups excluding carboxylic acids is 2. The van der Waals surface area contributed by atoms with Crippen molar-refractivity contribution in [2.45, 2.75) is 70.0 Å². The molecular formula is C39H45N3O6. The summed E-state index contributed by atoms with van der Waals surface area (Å²) in [6.07, 6.45) is -0.957. The lowest BCUT2D eigenvalue weighted by molar-refractivity contribution is -0.253. The van der Waals surface area contributed by atoms with Gasteiger partial charge in [0, 0.05) is 30.3 Å². The first-order valence-electron chi connectivity index (χ1n) is 16.4. The molecule has 0 saturated carbocycles. The van der Waals surface area contributed by atoms with E-state index in [-0.39, 0.29) is 30.6 Å². The SMILES string of the molecule is CC(=O)C(Cc1ccccc1)NC(=O)Nc1cccc(C2OC(CN(C)C(C)C(O)c3ccccc3)CC(c3ccc(CO)cc3)O2)c1. The topological polar surface area (TPSA) is 120 Å². The number of rotatable bonds is 13. The summed E-state index contributed by atoms with van der Waals surface area (Å²) in [6.45, 7) is 3.97. The number of amides is 2. The summed E-state index contributed by atoms with van der Waals surface area (Å²) in [5.41, 5.74) is 4.84. The summed E-state index contributed by atoms with van der Waals surface area (Å²) in [4.78, 5) is 27.4. The van der Waals surface area contributed by atoms with Gasteiger partial charge < -0.3 is 30.3 Å². The average molecular weight is 652 g/mol. The number of aliphatic hydroxyl groups is 2. The quantitative estimate of drug-likeness (QED) is 0.138. The number of aliphatic hydroxyl groups excluding tert-OH is 2. The van der Waals surface area contributed by atoms with E-state index in [0.717, 1.165) is 27.8 Å². The van der Waals surface area contributed by atoms with Crippen molar-refractivity contribution in [1.29, 1.82) is 0 Å². The molecule has 9 nitrogen and oxygen atoms in total. The van der Waals surface area contributed by atoms with Crippen LogP contribution >= 0.6 is 0 Å². The minimum atomic E-state index is -0.734. The van der Waals surface area contributed by atoms with E-state index in [1.807, 2.05) is 117 Å². The number of likely N-dealkylation sites (N-methyl/N-ethyl adjacent to an activating group) is 1. The lowest BCUT2D eigenvalue weighted by atomic mass is 9.98. The number of hydrogen-bond acceptors (Lipinski definition) is 7. The fraction of sp³-hybridized carbons (Fsp3) is 0.333. The molecule has 0 radical (unpaired) electrons. The number of urea groups is 1. The van der Waals surface area contributed by atoms with Crippen molar-refractivity contribution in [3.05, 3.63) is 137 Å².